The van der Waals surface area contributed by atoms with Gasteiger partial charge in [0.15, 0.2) is 0 Å². The minimum atomic E-state index is -0.489. The molecule has 0 bridgehead atoms. The van der Waals surface area contributed by atoms with E-state index in [2.05, 4.69) is 217 Å². The third-order valence-electron chi connectivity index (χ3n) is 11.5. The molecule has 11 rings (SSSR count). The summed E-state index contributed by atoms with van der Waals surface area (Å²) in [7, 11) is 0. The number of benzene rings is 9. The lowest BCUT2D eigenvalue weighted by molar-refractivity contribution is 0.768. The van der Waals surface area contributed by atoms with Crippen molar-refractivity contribution < 1.29 is 0 Å². The number of thiophene rings is 1. The van der Waals surface area contributed by atoms with E-state index in [1.807, 2.05) is 11.3 Å². The zero-order valence-electron chi connectivity index (χ0n) is 30.1. The zero-order chi connectivity index (χ0) is 36.3. The molecule has 0 atom stereocenters. The van der Waals surface area contributed by atoms with E-state index in [9.17, 15) is 0 Å². The van der Waals surface area contributed by atoms with E-state index < -0.39 is 5.41 Å². The summed E-state index contributed by atoms with van der Waals surface area (Å²) in [6.45, 7) is 0. The summed E-state index contributed by atoms with van der Waals surface area (Å²) in [5.41, 5.74) is 13.0. The largest absolute Gasteiger partial charge is 0.310 e. The summed E-state index contributed by atoms with van der Waals surface area (Å²) in [6, 6.07) is 78.4. The smallest absolute Gasteiger partial charge is 0.0714 e. The van der Waals surface area contributed by atoms with Gasteiger partial charge in [0.1, 0.15) is 0 Å². The average Bonchev–Trinajstić information content (AvgIpc) is 3.78. The van der Waals surface area contributed by atoms with Crippen LogP contribution < -0.4 is 4.90 Å². The molecule has 0 amide bonds. The van der Waals surface area contributed by atoms with Crippen molar-refractivity contribution in [2.75, 3.05) is 4.90 Å². The van der Waals surface area contributed by atoms with E-state index >= 15 is 0 Å². The molecular formula is C53H35NS. The highest BCUT2D eigenvalue weighted by Gasteiger charge is 2.47. The fourth-order valence-electron chi connectivity index (χ4n) is 9.13. The number of rotatable bonds is 6. The standard InChI is InChI=1S/C53H35NS/c1-3-18-40(19-4-1)53(41-20-5-2-6-21-41)47-25-11-9-24-45(47)52-48(53)26-14-27-49(52)54(43-31-32-51-46(35-43)44-23-10-12-28-50(44)55-51)42-22-13-17-38(34-42)39-30-29-36-15-7-8-16-37(36)33-39/h1-35H. The Morgan fingerprint density at radius 3 is 1.85 bits per heavy atom. The van der Waals surface area contributed by atoms with Crippen LogP contribution in [-0.4, -0.2) is 0 Å². The Bertz CT molecular complexity index is 3010. The van der Waals surface area contributed by atoms with Gasteiger partial charge in [-0.05, 0) is 98.2 Å². The molecule has 0 radical (unpaired) electrons. The molecule has 0 saturated carbocycles. The highest BCUT2D eigenvalue weighted by atomic mass is 32.1. The van der Waals surface area contributed by atoms with Gasteiger partial charge in [0, 0.05) is 37.1 Å². The summed E-state index contributed by atoms with van der Waals surface area (Å²) in [6.07, 6.45) is 0. The first-order valence-corrected chi connectivity index (χ1v) is 19.7. The van der Waals surface area contributed by atoms with Crippen molar-refractivity contribution in [3.05, 3.63) is 235 Å². The van der Waals surface area contributed by atoms with Crippen LogP contribution in [0, 0.1) is 0 Å². The van der Waals surface area contributed by atoms with Gasteiger partial charge in [-0.1, -0.05) is 164 Å². The first-order chi connectivity index (χ1) is 27.3. The SMILES string of the molecule is c1ccc(C2(c3ccccc3)c3ccccc3-c3c(N(c4cccc(-c5ccc6ccccc6c5)c4)c4ccc5sc6ccccc6c5c4)cccc32)cc1. The Hall–Kier alpha value is -6.74. The molecule has 1 aliphatic carbocycles. The molecule has 1 heterocycles. The Balaban J connectivity index is 1.20. The quantitative estimate of drug-likeness (QED) is 0.166. The van der Waals surface area contributed by atoms with E-state index in [0.717, 1.165) is 17.1 Å². The van der Waals surface area contributed by atoms with Gasteiger partial charge < -0.3 is 4.90 Å². The average molecular weight is 718 g/mol. The predicted molar refractivity (Wildman–Crippen MR) is 234 cm³/mol. The second-order valence-electron chi connectivity index (χ2n) is 14.5. The summed E-state index contributed by atoms with van der Waals surface area (Å²) in [4.78, 5) is 2.50. The molecule has 2 heteroatoms. The summed E-state index contributed by atoms with van der Waals surface area (Å²) in [5.74, 6) is 0. The van der Waals surface area contributed by atoms with Crippen LogP contribution in [0.3, 0.4) is 0 Å². The second kappa shape index (κ2) is 12.7. The van der Waals surface area contributed by atoms with Gasteiger partial charge in [-0.3, -0.25) is 0 Å². The van der Waals surface area contributed by atoms with Crippen LogP contribution in [0.1, 0.15) is 22.3 Å². The maximum Gasteiger partial charge on any atom is 0.0714 e. The Labute approximate surface area is 325 Å². The summed E-state index contributed by atoms with van der Waals surface area (Å²) in [5, 5.41) is 5.07. The predicted octanol–water partition coefficient (Wildman–Crippen LogP) is 14.7. The molecule has 0 saturated heterocycles. The highest BCUT2D eigenvalue weighted by Crippen LogP contribution is 2.59. The van der Waals surface area contributed by atoms with Gasteiger partial charge in [-0.15, -0.1) is 11.3 Å². The van der Waals surface area contributed by atoms with Gasteiger partial charge in [-0.2, -0.15) is 0 Å². The van der Waals surface area contributed by atoms with Crippen molar-refractivity contribution >= 4 is 59.3 Å². The van der Waals surface area contributed by atoms with E-state index in [1.54, 1.807) is 0 Å². The molecule has 9 aromatic carbocycles. The van der Waals surface area contributed by atoms with E-state index in [4.69, 9.17) is 0 Å². The van der Waals surface area contributed by atoms with Gasteiger partial charge in [-0.25, -0.2) is 0 Å². The lowest BCUT2D eigenvalue weighted by Gasteiger charge is -2.34. The number of nitrogens with zero attached hydrogens (tertiary/aromatic N) is 1. The normalized spacial score (nSPS) is 12.9. The van der Waals surface area contributed by atoms with Crippen LogP contribution in [-0.2, 0) is 5.41 Å². The Morgan fingerprint density at radius 1 is 0.382 bits per heavy atom. The van der Waals surface area contributed by atoms with E-state index in [1.165, 1.54) is 75.5 Å². The lowest BCUT2D eigenvalue weighted by atomic mass is 9.68. The maximum atomic E-state index is 2.50. The third kappa shape index (κ3) is 4.92. The second-order valence-corrected chi connectivity index (χ2v) is 15.5. The molecule has 1 aliphatic rings. The van der Waals surface area contributed by atoms with Gasteiger partial charge in [0.2, 0.25) is 0 Å². The fraction of sp³-hybridized carbons (Fsp3) is 0.0189. The van der Waals surface area contributed by atoms with Crippen molar-refractivity contribution in [2.24, 2.45) is 0 Å². The molecule has 0 N–H and O–H groups in total. The minimum absolute atomic E-state index is 0.489. The molecule has 0 fully saturated rings. The summed E-state index contributed by atoms with van der Waals surface area (Å²) < 4.78 is 2.61. The highest BCUT2D eigenvalue weighted by molar-refractivity contribution is 7.25. The molecule has 1 nitrogen and oxygen atoms in total. The first kappa shape index (κ1) is 31.8. The first-order valence-electron chi connectivity index (χ1n) is 18.9. The molecule has 1 aromatic heterocycles. The van der Waals surface area contributed by atoms with Gasteiger partial charge >= 0.3 is 0 Å². The number of anilines is 3. The minimum Gasteiger partial charge on any atom is -0.310 e. The summed E-state index contributed by atoms with van der Waals surface area (Å²) >= 11 is 1.86. The number of hydrogen-bond acceptors (Lipinski definition) is 2. The van der Waals surface area contributed by atoms with Crippen molar-refractivity contribution in [1.29, 1.82) is 0 Å². The molecule has 0 aliphatic heterocycles. The molecule has 10 aromatic rings. The van der Waals surface area contributed by atoms with Crippen molar-refractivity contribution in [3.8, 4) is 22.3 Å². The Kier molecular flexibility index (Phi) is 7.33. The van der Waals surface area contributed by atoms with E-state index in [0.29, 0.717) is 0 Å². The van der Waals surface area contributed by atoms with Crippen molar-refractivity contribution in [3.63, 3.8) is 0 Å². The fourth-order valence-corrected chi connectivity index (χ4v) is 10.2. The molecule has 55 heavy (non-hydrogen) atoms. The van der Waals surface area contributed by atoms with Gasteiger partial charge in [0.05, 0.1) is 11.1 Å². The van der Waals surface area contributed by atoms with Crippen molar-refractivity contribution in [1.82, 2.24) is 0 Å². The van der Waals surface area contributed by atoms with Crippen LogP contribution in [0.2, 0.25) is 0 Å². The third-order valence-corrected chi connectivity index (χ3v) is 12.7. The molecule has 0 spiro atoms. The molecule has 0 unspecified atom stereocenters. The van der Waals surface area contributed by atoms with Crippen LogP contribution in [0.15, 0.2) is 212 Å². The topological polar surface area (TPSA) is 3.24 Å². The zero-order valence-corrected chi connectivity index (χ0v) is 30.9. The lowest BCUT2D eigenvalue weighted by Crippen LogP contribution is -2.28. The number of fused-ring (bicyclic) bond motifs is 7. The number of hydrogen-bond donors (Lipinski definition) is 0. The van der Waals surface area contributed by atoms with Crippen LogP contribution in [0.25, 0.3) is 53.2 Å². The van der Waals surface area contributed by atoms with Crippen molar-refractivity contribution in [2.45, 2.75) is 5.41 Å². The molecule has 258 valence electrons. The van der Waals surface area contributed by atoms with Gasteiger partial charge in [0.25, 0.3) is 0 Å². The molecular weight excluding hydrogens is 683 g/mol. The van der Waals surface area contributed by atoms with Crippen LogP contribution in [0.4, 0.5) is 17.1 Å². The Morgan fingerprint density at radius 2 is 1.02 bits per heavy atom. The van der Waals surface area contributed by atoms with E-state index in [-0.39, 0.29) is 0 Å². The maximum absolute atomic E-state index is 2.50. The van der Waals surface area contributed by atoms with Crippen LogP contribution in [0.5, 0.6) is 0 Å². The monoisotopic (exact) mass is 717 g/mol. The van der Waals surface area contributed by atoms with Crippen LogP contribution >= 0.6 is 11.3 Å².